The third-order valence-corrected chi connectivity index (χ3v) is 6.03. The highest BCUT2D eigenvalue weighted by Gasteiger charge is 2.23. The monoisotopic (exact) mass is 447 g/mol. The Morgan fingerprint density at radius 3 is 2.74 bits per heavy atom. The van der Waals surface area contributed by atoms with Crippen molar-refractivity contribution >= 4 is 16.0 Å². The molecule has 0 aliphatic heterocycles. The number of nitrogens with one attached hydrogen (secondary N) is 1. The molecule has 0 saturated carbocycles. The van der Waals surface area contributed by atoms with Crippen LogP contribution in [0.25, 0.3) is 11.3 Å². The van der Waals surface area contributed by atoms with Crippen molar-refractivity contribution in [3.63, 3.8) is 0 Å². The van der Waals surface area contributed by atoms with Gasteiger partial charge < -0.3 is 15.2 Å². The standard InChI is InChI=1S/C21H22FN3O5S/c1-15(26)30-14-17(27)11-24-10-16-9-21(19-6-2-3-7-20(19)22)25(13-16)31(28,29)18-5-4-8-23-12-18/h2-9,12-13,17,24,27H,10-11,14H2,1H3. The summed E-state index contributed by atoms with van der Waals surface area (Å²) in [5.41, 5.74) is 0.862. The molecule has 164 valence electrons. The molecule has 0 spiro atoms. The summed E-state index contributed by atoms with van der Waals surface area (Å²) < 4.78 is 46.6. The summed E-state index contributed by atoms with van der Waals surface area (Å²) in [5.74, 6) is -1.05. The molecule has 3 rings (SSSR count). The molecule has 0 fully saturated rings. The van der Waals surface area contributed by atoms with Crippen LogP contribution in [-0.2, 0) is 26.1 Å². The highest BCUT2D eigenvalue weighted by atomic mass is 32.2. The van der Waals surface area contributed by atoms with Gasteiger partial charge in [-0.2, -0.15) is 0 Å². The molecular weight excluding hydrogens is 425 g/mol. The maximum absolute atomic E-state index is 14.5. The zero-order valence-corrected chi connectivity index (χ0v) is 17.5. The van der Waals surface area contributed by atoms with E-state index in [4.69, 9.17) is 4.74 Å². The minimum atomic E-state index is -4.02. The second-order valence-corrected chi connectivity index (χ2v) is 8.61. The van der Waals surface area contributed by atoms with E-state index in [1.54, 1.807) is 12.1 Å². The fourth-order valence-corrected chi connectivity index (χ4v) is 4.28. The summed E-state index contributed by atoms with van der Waals surface area (Å²) >= 11 is 0. The van der Waals surface area contributed by atoms with E-state index >= 15 is 0 Å². The lowest BCUT2D eigenvalue weighted by Crippen LogP contribution is -2.30. The number of carbonyl (C=O) groups is 1. The lowest BCUT2D eigenvalue weighted by molar-refractivity contribution is -0.143. The van der Waals surface area contributed by atoms with Crippen LogP contribution >= 0.6 is 0 Å². The molecule has 0 aliphatic rings. The Morgan fingerprint density at radius 1 is 1.29 bits per heavy atom. The Hall–Kier alpha value is -3.08. The molecular formula is C21H22FN3O5S. The van der Waals surface area contributed by atoms with Crippen molar-refractivity contribution in [2.75, 3.05) is 13.2 Å². The Labute approximate surface area is 179 Å². The summed E-state index contributed by atoms with van der Waals surface area (Å²) in [6, 6.07) is 10.4. The first kappa shape index (κ1) is 22.6. The van der Waals surface area contributed by atoms with Crippen molar-refractivity contribution in [2.45, 2.75) is 24.5 Å². The number of rotatable bonds is 9. The number of aromatic nitrogens is 2. The van der Waals surface area contributed by atoms with Crippen molar-refractivity contribution in [2.24, 2.45) is 0 Å². The molecule has 0 radical (unpaired) electrons. The van der Waals surface area contributed by atoms with Gasteiger partial charge in [-0.25, -0.2) is 16.8 Å². The molecule has 1 atom stereocenters. The third-order valence-electron chi connectivity index (χ3n) is 4.37. The number of halogens is 1. The molecule has 8 nitrogen and oxygen atoms in total. The van der Waals surface area contributed by atoms with E-state index in [0.29, 0.717) is 5.56 Å². The summed E-state index contributed by atoms with van der Waals surface area (Å²) in [4.78, 5) is 14.6. The van der Waals surface area contributed by atoms with E-state index in [1.807, 2.05) is 0 Å². The topological polar surface area (TPSA) is 111 Å². The largest absolute Gasteiger partial charge is 0.463 e. The fraction of sp³-hybridized carbons (Fsp3) is 0.238. The lowest BCUT2D eigenvalue weighted by Gasteiger charge is -2.11. The fourth-order valence-electron chi connectivity index (χ4n) is 2.93. The van der Waals surface area contributed by atoms with Crippen LogP contribution in [0.2, 0.25) is 0 Å². The summed E-state index contributed by atoms with van der Waals surface area (Å²) in [6.07, 6.45) is 3.17. The van der Waals surface area contributed by atoms with Crippen molar-refractivity contribution < 1.29 is 27.4 Å². The van der Waals surface area contributed by atoms with Crippen LogP contribution in [0, 0.1) is 5.82 Å². The number of aliphatic hydroxyl groups excluding tert-OH is 1. The Morgan fingerprint density at radius 2 is 2.06 bits per heavy atom. The molecule has 2 N–H and O–H groups in total. The normalized spacial score (nSPS) is 12.5. The van der Waals surface area contributed by atoms with Gasteiger partial charge in [0.15, 0.2) is 0 Å². The van der Waals surface area contributed by atoms with Crippen LogP contribution in [0.5, 0.6) is 0 Å². The van der Waals surface area contributed by atoms with Crippen LogP contribution in [0.3, 0.4) is 0 Å². The van der Waals surface area contributed by atoms with Gasteiger partial charge in [0.05, 0.1) is 5.69 Å². The van der Waals surface area contributed by atoms with Crippen LogP contribution in [0.15, 0.2) is 66.0 Å². The Balaban J connectivity index is 1.89. The number of ether oxygens (including phenoxy) is 1. The van der Waals surface area contributed by atoms with E-state index in [1.165, 1.54) is 55.8 Å². The zero-order valence-electron chi connectivity index (χ0n) is 16.7. The maximum atomic E-state index is 14.5. The number of nitrogens with zero attached hydrogens (tertiary/aromatic N) is 2. The lowest BCUT2D eigenvalue weighted by atomic mass is 10.1. The van der Waals surface area contributed by atoms with Gasteiger partial charge in [0.2, 0.25) is 0 Å². The second kappa shape index (κ2) is 9.82. The summed E-state index contributed by atoms with van der Waals surface area (Å²) in [7, 11) is -4.02. The number of hydrogen-bond acceptors (Lipinski definition) is 7. The molecule has 0 saturated heterocycles. The average molecular weight is 447 g/mol. The number of benzene rings is 1. The van der Waals surface area contributed by atoms with Crippen molar-refractivity contribution in [1.82, 2.24) is 14.3 Å². The Kier molecular flexibility index (Phi) is 7.16. The Bertz CT molecular complexity index is 1150. The van der Waals surface area contributed by atoms with E-state index in [-0.39, 0.29) is 35.8 Å². The van der Waals surface area contributed by atoms with Crippen molar-refractivity contribution in [3.05, 3.63) is 72.4 Å². The minimum Gasteiger partial charge on any atom is -0.463 e. The quantitative estimate of drug-likeness (QED) is 0.482. The molecule has 0 bridgehead atoms. The van der Waals surface area contributed by atoms with Gasteiger partial charge >= 0.3 is 5.97 Å². The molecule has 2 heterocycles. The van der Waals surface area contributed by atoms with Gasteiger partial charge in [0, 0.05) is 44.2 Å². The van der Waals surface area contributed by atoms with Gasteiger partial charge in [0.1, 0.15) is 23.4 Å². The predicted octanol–water partition coefficient (Wildman–Crippen LogP) is 1.94. The van der Waals surface area contributed by atoms with Crippen LogP contribution in [0.4, 0.5) is 4.39 Å². The highest BCUT2D eigenvalue weighted by molar-refractivity contribution is 7.90. The second-order valence-electron chi connectivity index (χ2n) is 6.79. The van der Waals surface area contributed by atoms with Gasteiger partial charge in [-0.05, 0) is 35.9 Å². The van der Waals surface area contributed by atoms with E-state index < -0.39 is 27.9 Å². The highest BCUT2D eigenvalue weighted by Crippen LogP contribution is 2.28. The maximum Gasteiger partial charge on any atom is 0.302 e. The smallest absolute Gasteiger partial charge is 0.302 e. The molecule has 2 aromatic heterocycles. The minimum absolute atomic E-state index is 0.0282. The number of hydrogen-bond donors (Lipinski definition) is 2. The van der Waals surface area contributed by atoms with Gasteiger partial charge in [0.25, 0.3) is 10.0 Å². The first-order valence-electron chi connectivity index (χ1n) is 9.43. The summed E-state index contributed by atoms with van der Waals surface area (Å²) in [5, 5.41) is 12.8. The van der Waals surface area contributed by atoms with Crippen LogP contribution < -0.4 is 5.32 Å². The van der Waals surface area contributed by atoms with Crippen LogP contribution in [0.1, 0.15) is 12.5 Å². The van der Waals surface area contributed by atoms with Crippen molar-refractivity contribution in [1.29, 1.82) is 0 Å². The first-order chi connectivity index (χ1) is 14.8. The van der Waals surface area contributed by atoms with E-state index in [9.17, 15) is 22.7 Å². The van der Waals surface area contributed by atoms with Gasteiger partial charge in [-0.1, -0.05) is 12.1 Å². The molecule has 3 aromatic rings. The third kappa shape index (κ3) is 5.54. The number of aliphatic hydroxyl groups is 1. The van der Waals surface area contributed by atoms with E-state index in [2.05, 4.69) is 10.3 Å². The SMILES string of the molecule is CC(=O)OCC(O)CNCc1cc(-c2ccccc2F)n(S(=O)(=O)c2cccnc2)c1. The number of pyridine rings is 1. The molecule has 0 amide bonds. The molecule has 1 unspecified atom stereocenters. The molecule has 10 heteroatoms. The first-order valence-corrected chi connectivity index (χ1v) is 10.9. The number of carbonyl (C=O) groups excluding carboxylic acids is 1. The van der Waals surface area contributed by atoms with Gasteiger partial charge in [-0.15, -0.1) is 0 Å². The number of esters is 1. The van der Waals surface area contributed by atoms with Crippen LogP contribution in [-0.4, -0.2) is 47.7 Å². The summed E-state index contributed by atoms with van der Waals surface area (Å²) in [6.45, 7) is 1.41. The average Bonchev–Trinajstić information content (AvgIpc) is 3.18. The molecule has 1 aromatic carbocycles. The molecule has 0 aliphatic carbocycles. The van der Waals surface area contributed by atoms with E-state index in [0.717, 1.165) is 3.97 Å². The zero-order chi connectivity index (χ0) is 22.4. The van der Waals surface area contributed by atoms with Crippen molar-refractivity contribution in [3.8, 4) is 11.3 Å². The van der Waals surface area contributed by atoms with Gasteiger partial charge in [-0.3, -0.25) is 9.78 Å². The predicted molar refractivity (Wildman–Crippen MR) is 111 cm³/mol. The molecule has 31 heavy (non-hydrogen) atoms.